The van der Waals surface area contributed by atoms with Crippen LogP contribution in [0.1, 0.15) is 17.6 Å². The van der Waals surface area contributed by atoms with Crippen molar-refractivity contribution in [3.8, 4) is 0 Å². The quantitative estimate of drug-likeness (QED) is 0.197. The molecule has 1 amide bonds. The molecule has 6 atom stereocenters. The summed E-state index contributed by atoms with van der Waals surface area (Å²) in [6.45, 7) is 1.08. The van der Waals surface area contributed by atoms with Gasteiger partial charge in [-0.25, -0.2) is 24.0 Å². The second kappa shape index (κ2) is 10.1. The average Bonchev–Trinajstić information content (AvgIpc) is 3.55. The standard InChI is InChI=1S/C21H28N6O10/c1-8-9(5-10(29)12(19(33)35-3)24-21(34)36-4)27-17(32)13-16(25(2)20(27)23-8)26(7-22-13)18-15(31)14(30)11(6-28)37-18/h7,10-12,14-15,18,28-31H,5-6H2,1-4H3,(H,24,34)/t10?,11-,12?,14-,15-,18-/m1/s1. The van der Waals surface area contributed by atoms with Crippen LogP contribution in [0.15, 0.2) is 11.1 Å². The predicted octanol–water partition coefficient (Wildman–Crippen LogP) is -2.90. The summed E-state index contributed by atoms with van der Waals surface area (Å²) in [5.41, 5.74) is 0.211. The summed E-state index contributed by atoms with van der Waals surface area (Å²) in [6.07, 6.45) is -6.39. The lowest BCUT2D eigenvalue weighted by Gasteiger charge is -2.21. The topological polar surface area (TPSA) is 212 Å². The molecule has 1 aliphatic rings. The van der Waals surface area contributed by atoms with Crippen LogP contribution in [0.25, 0.3) is 16.9 Å². The molecular weight excluding hydrogens is 496 g/mol. The molecule has 5 N–H and O–H groups in total. The van der Waals surface area contributed by atoms with Crippen LogP contribution in [0.4, 0.5) is 4.79 Å². The van der Waals surface area contributed by atoms with E-state index in [-0.39, 0.29) is 29.1 Å². The van der Waals surface area contributed by atoms with Crippen molar-refractivity contribution >= 4 is 29.0 Å². The van der Waals surface area contributed by atoms with Gasteiger partial charge < -0.3 is 40.0 Å². The van der Waals surface area contributed by atoms with Gasteiger partial charge in [-0.2, -0.15) is 0 Å². The molecule has 16 nitrogen and oxygen atoms in total. The third-order valence-corrected chi connectivity index (χ3v) is 6.44. The number of fused-ring (bicyclic) bond motifs is 2. The maximum Gasteiger partial charge on any atom is 0.407 e. The first-order valence-corrected chi connectivity index (χ1v) is 11.2. The molecule has 3 aromatic heterocycles. The fraction of sp³-hybridized carbons (Fsp3) is 0.571. The Morgan fingerprint density at radius 1 is 1.24 bits per heavy atom. The van der Waals surface area contributed by atoms with Crippen LogP contribution in [0.2, 0.25) is 0 Å². The van der Waals surface area contributed by atoms with Crippen molar-refractivity contribution < 1.29 is 44.2 Å². The maximum atomic E-state index is 13.5. The third kappa shape index (κ3) is 4.31. The van der Waals surface area contributed by atoms with Crippen molar-refractivity contribution in [2.24, 2.45) is 7.05 Å². The van der Waals surface area contributed by atoms with Crippen LogP contribution in [0.5, 0.6) is 0 Å². The lowest BCUT2D eigenvalue weighted by molar-refractivity contribution is -0.146. The monoisotopic (exact) mass is 524 g/mol. The van der Waals surface area contributed by atoms with Gasteiger partial charge in [0, 0.05) is 13.5 Å². The number of hydrogen-bond donors (Lipinski definition) is 5. The summed E-state index contributed by atoms with van der Waals surface area (Å²) in [6, 6.07) is -1.49. The molecule has 0 radical (unpaired) electrons. The number of aliphatic hydroxyl groups is 4. The maximum absolute atomic E-state index is 13.5. The fourth-order valence-corrected chi connectivity index (χ4v) is 4.50. The summed E-state index contributed by atoms with van der Waals surface area (Å²) in [7, 11) is 3.79. The number of imidazole rings is 2. The first kappa shape index (κ1) is 26.5. The fourth-order valence-electron chi connectivity index (χ4n) is 4.50. The van der Waals surface area contributed by atoms with Crippen molar-refractivity contribution in [3.05, 3.63) is 28.1 Å². The first-order chi connectivity index (χ1) is 17.5. The number of carbonyl (C=O) groups is 2. The minimum absolute atomic E-state index is 0.0296. The van der Waals surface area contributed by atoms with Crippen molar-refractivity contribution in [2.75, 3.05) is 20.8 Å². The molecule has 202 valence electrons. The summed E-state index contributed by atoms with van der Waals surface area (Å²) in [5, 5.41) is 43.0. The molecule has 2 unspecified atom stereocenters. The molecule has 0 bridgehead atoms. The Morgan fingerprint density at radius 2 is 1.95 bits per heavy atom. The van der Waals surface area contributed by atoms with E-state index < -0.39 is 60.9 Å². The number of esters is 1. The molecule has 37 heavy (non-hydrogen) atoms. The van der Waals surface area contributed by atoms with E-state index in [1.165, 1.54) is 19.9 Å². The number of nitrogens with zero attached hydrogens (tertiary/aromatic N) is 5. The van der Waals surface area contributed by atoms with Crippen LogP contribution in [0.3, 0.4) is 0 Å². The van der Waals surface area contributed by atoms with E-state index >= 15 is 0 Å². The average molecular weight is 524 g/mol. The smallest absolute Gasteiger partial charge is 0.407 e. The number of nitrogens with one attached hydrogen (secondary N) is 1. The van der Waals surface area contributed by atoms with Gasteiger partial charge in [-0.05, 0) is 6.92 Å². The summed E-state index contributed by atoms with van der Waals surface area (Å²) in [4.78, 5) is 46.0. The van der Waals surface area contributed by atoms with E-state index in [1.54, 1.807) is 14.0 Å². The molecule has 16 heteroatoms. The van der Waals surface area contributed by atoms with E-state index in [9.17, 15) is 34.8 Å². The van der Waals surface area contributed by atoms with E-state index in [0.29, 0.717) is 5.69 Å². The lowest BCUT2D eigenvalue weighted by atomic mass is 10.1. The number of rotatable bonds is 7. The summed E-state index contributed by atoms with van der Waals surface area (Å²) < 4.78 is 18.9. The number of amides is 1. The summed E-state index contributed by atoms with van der Waals surface area (Å²) >= 11 is 0. The van der Waals surface area contributed by atoms with Crippen LogP contribution >= 0.6 is 0 Å². The third-order valence-electron chi connectivity index (χ3n) is 6.44. The number of aromatic nitrogens is 5. The van der Waals surface area contributed by atoms with Gasteiger partial charge in [0.1, 0.15) is 18.3 Å². The van der Waals surface area contributed by atoms with Crippen molar-refractivity contribution in [3.63, 3.8) is 0 Å². The van der Waals surface area contributed by atoms with Crippen LogP contribution in [-0.2, 0) is 32.5 Å². The number of aryl methyl sites for hydroxylation is 2. The second-order valence-electron chi connectivity index (χ2n) is 8.60. The van der Waals surface area contributed by atoms with Crippen molar-refractivity contribution in [2.45, 2.75) is 50.0 Å². The number of alkyl carbamates (subject to hydrolysis) is 1. The number of ether oxygens (including phenoxy) is 3. The Labute approximate surface area is 208 Å². The Kier molecular flexibility index (Phi) is 7.20. The van der Waals surface area contributed by atoms with Gasteiger partial charge >= 0.3 is 12.1 Å². The number of hydrogen-bond acceptors (Lipinski definition) is 12. The van der Waals surface area contributed by atoms with Gasteiger partial charge in [0.15, 0.2) is 23.4 Å². The molecule has 0 spiro atoms. The largest absolute Gasteiger partial charge is 0.467 e. The Hall–Kier alpha value is -3.57. The molecule has 1 fully saturated rings. The highest BCUT2D eigenvalue weighted by Crippen LogP contribution is 2.31. The molecular formula is C21H28N6O10. The molecule has 4 rings (SSSR count). The van der Waals surface area contributed by atoms with Gasteiger partial charge in [0.05, 0.1) is 44.6 Å². The highest BCUT2D eigenvalue weighted by molar-refractivity contribution is 5.82. The molecule has 0 saturated carbocycles. The van der Waals surface area contributed by atoms with Crippen LogP contribution in [-0.4, -0.2) is 107 Å². The van der Waals surface area contributed by atoms with Crippen LogP contribution in [0, 0.1) is 6.92 Å². The van der Waals surface area contributed by atoms with Gasteiger partial charge in [-0.15, -0.1) is 0 Å². The normalized spacial score (nSPS) is 23.4. The zero-order valence-electron chi connectivity index (χ0n) is 20.4. The first-order valence-electron chi connectivity index (χ1n) is 11.2. The molecule has 1 aliphatic heterocycles. The predicted molar refractivity (Wildman–Crippen MR) is 123 cm³/mol. The Balaban J connectivity index is 1.79. The minimum Gasteiger partial charge on any atom is -0.467 e. The molecule has 3 aromatic rings. The van der Waals surface area contributed by atoms with E-state index in [2.05, 4.69) is 24.8 Å². The zero-order chi connectivity index (χ0) is 27.2. The van der Waals surface area contributed by atoms with Crippen LogP contribution < -0.4 is 10.9 Å². The van der Waals surface area contributed by atoms with Gasteiger partial charge in [0.25, 0.3) is 5.56 Å². The Morgan fingerprint density at radius 3 is 2.54 bits per heavy atom. The molecule has 0 aromatic carbocycles. The summed E-state index contributed by atoms with van der Waals surface area (Å²) in [5.74, 6) is -0.766. The van der Waals surface area contributed by atoms with Gasteiger partial charge in [0.2, 0.25) is 5.78 Å². The SMILES string of the molecule is COC(=O)NC(C(=O)OC)C(O)Cc1c(C)nc2n(C)c3c(ncn3[C@@H]3O[C@H](CO)[C@@H](O)[C@H]3O)c(=O)n12. The van der Waals surface area contributed by atoms with E-state index in [1.807, 2.05) is 0 Å². The number of carbonyl (C=O) groups excluding carboxylic acids is 2. The highest BCUT2D eigenvalue weighted by Gasteiger charge is 2.44. The minimum atomic E-state index is -1.51. The molecule has 0 aliphatic carbocycles. The van der Waals surface area contributed by atoms with E-state index in [0.717, 1.165) is 14.2 Å². The van der Waals surface area contributed by atoms with E-state index in [4.69, 9.17) is 4.74 Å². The highest BCUT2D eigenvalue weighted by atomic mass is 16.6. The van der Waals surface area contributed by atoms with Crippen molar-refractivity contribution in [1.82, 2.24) is 28.8 Å². The number of aliphatic hydroxyl groups excluding tert-OH is 4. The zero-order valence-corrected chi connectivity index (χ0v) is 20.4. The van der Waals surface area contributed by atoms with Crippen molar-refractivity contribution in [1.29, 1.82) is 0 Å². The van der Waals surface area contributed by atoms with Gasteiger partial charge in [-0.3, -0.25) is 13.9 Å². The lowest BCUT2D eigenvalue weighted by Crippen LogP contribution is -2.50. The molecule has 4 heterocycles. The number of methoxy groups -OCH3 is 2. The second-order valence-corrected chi connectivity index (χ2v) is 8.60. The van der Waals surface area contributed by atoms with Gasteiger partial charge in [-0.1, -0.05) is 0 Å². The molecule has 1 saturated heterocycles. The Bertz CT molecular complexity index is 1400.